The van der Waals surface area contributed by atoms with Crippen molar-refractivity contribution in [3.8, 4) is 0 Å². The molecule has 0 saturated carbocycles. The number of nitrogens with two attached hydrogens (primary N) is 1. The van der Waals surface area contributed by atoms with Crippen LogP contribution in [0.15, 0.2) is 0 Å². The number of rotatable bonds is 5. The second-order valence-corrected chi connectivity index (χ2v) is 5.44. The molecule has 4 heteroatoms. The molecule has 0 spiro atoms. The molecule has 0 radical (unpaired) electrons. The Morgan fingerprint density at radius 3 is 2.44 bits per heavy atom. The maximum atomic E-state index is 11.8. The van der Waals surface area contributed by atoms with Crippen molar-refractivity contribution in [3.63, 3.8) is 0 Å². The molecule has 1 aliphatic heterocycles. The van der Waals surface area contributed by atoms with E-state index in [9.17, 15) is 4.79 Å². The number of carbonyl (C=O) groups excluding carboxylic acids is 1. The minimum Gasteiger partial charge on any atom is -0.354 e. The number of amides is 1. The van der Waals surface area contributed by atoms with Gasteiger partial charge in [0.1, 0.15) is 0 Å². The van der Waals surface area contributed by atoms with Crippen LogP contribution in [0.3, 0.4) is 0 Å². The number of hydrogen-bond donors (Lipinski definition) is 2. The topological polar surface area (TPSA) is 58.4 Å². The van der Waals surface area contributed by atoms with E-state index in [0.717, 1.165) is 26.1 Å². The van der Waals surface area contributed by atoms with Gasteiger partial charge in [0.25, 0.3) is 0 Å². The SMILES string of the molecule is CCC1(N)CN(C(C)C(=O)NCC(C)C)C1. The highest BCUT2D eigenvalue weighted by Gasteiger charge is 2.41. The Kier molecular flexibility index (Phi) is 4.33. The predicted octanol–water partition coefficient (Wildman–Crippen LogP) is 0.570. The van der Waals surface area contributed by atoms with Crippen molar-refractivity contribution in [2.45, 2.75) is 45.7 Å². The van der Waals surface area contributed by atoms with E-state index in [0.29, 0.717) is 5.92 Å². The lowest BCUT2D eigenvalue weighted by atomic mass is 9.87. The molecule has 1 heterocycles. The molecule has 3 N–H and O–H groups in total. The van der Waals surface area contributed by atoms with Gasteiger partial charge in [-0.3, -0.25) is 9.69 Å². The molecule has 0 aliphatic carbocycles. The minimum atomic E-state index is -0.0629. The lowest BCUT2D eigenvalue weighted by Crippen LogP contribution is -2.70. The van der Waals surface area contributed by atoms with Gasteiger partial charge in [-0.05, 0) is 19.3 Å². The summed E-state index contributed by atoms with van der Waals surface area (Å²) < 4.78 is 0. The average molecular weight is 227 g/mol. The average Bonchev–Trinajstić information content (AvgIpc) is 2.20. The van der Waals surface area contributed by atoms with Crippen LogP contribution in [0.1, 0.15) is 34.1 Å². The molecular weight excluding hydrogens is 202 g/mol. The summed E-state index contributed by atoms with van der Waals surface area (Å²) in [6, 6.07) is -0.0537. The zero-order chi connectivity index (χ0) is 12.3. The summed E-state index contributed by atoms with van der Waals surface area (Å²) in [6.45, 7) is 10.6. The van der Waals surface area contributed by atoms with Gasteiger partial charge in [0.15, 0.2) is 0 Å². The Labute approximate surface area is 98.6 Å². The van der Waals surface area contributed by atoms with Crippen LogP contribution in [0.2, 0.25) is 0 Å². The smallest absolute Gasteiger partial charge is 0.237 e. The Bertz CT molecular complexity index is 247. The van der Waals surface area contributed by atoms with Crippen LogP contribution in [-0.2, 0) is 4.79 Å². The van der Waals surface area contributed by atoms with Gasteiger partial charge >= 0.3 is 0 Å². The van der Waals surface area contributed by atoms with Crippen molar-refractivity contribution >= 4 is 5.91 Å². The van der Waals surface area contributed by atoms with E-state index < -0.39 is 0 Å². The normalized spacial score (nSPS) is 21.6. The lowest BCUT2D eigenvalue weighted by molar-refractivity contribution is -0.129. The maximum absolute atomic E-state index is 11.8. The zero-order valence-corrected chi connectivity index (χ0v) is 10.9. The molecule has 0 aromatic rings. The number of hydrogen-bond acceptors (Lipinski definition) is 3. The van der Waals surface area contributed by atoms with E-state index in [4.69, 9.17) is 5.73 Å². The first-order chi connectivity index (χ1) is 7.38. The van der Waals surface area contributed by atoms with E-state index in [1.54, 1.807) is 0 Å². The van der Waals surface area contributed by atoms with E-state index in [1.807, 2.05) is 6.92 Å². The summed E-state index contributed by atoms with van der Waals surface area (Å²) in [7, 11) is 0. The quantitative estimate of drug-likeness (QED) is 0.722. The van der Waals surface area contributed by atoms with Crippen LogP contribution in [0.25, 0.3) is 0 Å². The summed E-state index contributed by atoms with van der Waals surface area (Å²) in [6.07, 6.45) is 0.976. The standard InChI is InChI=1S/C12H25N3O/c1-5-12(13)7-15(8-12)10(4)11(16)14-6-9(2)3/h9-10H,5-8,13H2,1-4H3,(H,14,16). The highest BCUT2D eigenvalue weighted by molar-refractivity contribution is 5.81. The first kappa shape index (κ1) is 13.5. The van der Waals surface area contributed by atoms with Gasteiger partial charge < -0.3 is 11.1 Å². The monoisotopic (exact) mass is 227 g/mol. The zero-order valence-electron chi connectivity index (χ0n) is 10.9. The van der Waals surface area contributed by atoms with Gasteiger partial charge in [0.05, 0.1) is 6.04 Å². The molecule has 0 bridgehead atoms. The maximum Gasteiger partial charge on any atom is 0.237 e. The Hall–Kier alpha value is -0.610. The van der Waals surface area contributed by atoms with E-state index in [2.05, 4.69) is 31.0 Å². The van der Waals surface area contributed by atoms with Gasteiger partial charge in [-0.25, -0.2) is 0 Å². The van der Waals surface area contributed by atoms with Crippen molar-refractivity contribution in [2.24, 2.45) is 11.7 Å². The van der Waals surface area contributed by atoms with Gasteiger partial charge in [-0.2, -0.15) is 0 Å². The molecule has 1 amide bonds. The number of nitrogens with zero attached hydrogens (tertiary/aromatic N) is 1. The van der Waals surface area contributed by atoms with Crippen molar-refractivity contribution < 1.29 is 4.79 Å². The molecule has 1 atom stereocenters. The summed E-state index contributed by atoms with van der Waals surface area (Å²) in [4.78, 5) is 13.9. The number of likely N-dealkylation sites (tertiary alicyclic amines) is 1. The minimum absolute atomic E-state index is 0.0537. The van der Waals surface area contributed by atoms with Gasteiger partial charge in [-0.1, -0.05) is 20.8 Å². The van der Waals surface area contributed by atoms with Crippen molar-refractivity contribution in [3.05, 3.63) is 0 Å². The number of carbonyl (C=O) groups is 1. The summed E-state index contributed by atoms with van der Waals surface area (Å²) >= 11 is 0. The first-order valence-corrected chi connectivity index (χ1v) is 6.18. The molecule has 0 aromatic carbocycles. The Morgan fingerprint density at radius 1 is 1.44 bits per heavy atom. The fourth-order valence-corrected chi connectivity index (χ4v) is 1.88. The highest BCUT2D eigenvalue weighted by atomic mass is 16.2. The largest absolute Gasteiger partial charge is 0.354 e. The third kappa shape index (κ3) is 3.19. The molecule has 1 rings (SSSR count). The van der Waals surface area contributed by atoms with Crippen LogP contribution in [0, 0.1) is 5.92 Å². The summed E-state index contributed by atoms with van der Waals surface area (Å²) in [5.74, 6) is 0.614. The fraction of sp³-hybridized carbons (Fsp3) is 0.917. The van der Waals surface area contributed by atoms with Crippen molar-refractivity contribution in [1.82, 2.24) is 10.2 Å². The molecule has 16 heavy (non-hydrogen) atoms. The van der Waals surface area contributed by atoms with Gasteiger partial charge in [0.2, 0.25) is 5.91 Å². The molecular formula is C12H25N3O. The lowest BCUT2D eigenvalue weighted by Gasteiger charge is -2.49. The van der Waals surface area contributed by atoms with E-state index in [-0.39, 0.29) is 17.5 Å². The van der Waals surface area contributed by atoms with Crippen LogP contribution >= 0.6 is 0 Å². The van der Waals surface area contributed by atoms with E-state index >= 15 is 0 Å². The van der Waals surface area contributed by atoms with Crippen molar-refractivity contribution in [1.29, 1.82) is 0 Å². The molecule has 4 nitrogen and oxygen atoms in total. The fourth-order valence-electron chi connectivity index (χ4n) is 1.88. The third-order valence-corrected chi connectivity index (χ3v) is 3.35. The van der Waals surface area contributed by atoms with E-state index in [1.165, 1.54) is 0 Å². The van der Waals surface area contributed by atoms with Crippen LogP contribution in [0.5, 0.6) is 0 Å². The van der Waals surface area contributed by atoms with Crippen molar-refractivity contribution in [2.75, 3.05) is 19.6 Å². The molecule has 1 unspecified atom stereocenters. The molecule has 1 fully saturated rings. The first-order valence-electron chi connectivity index (χ1n) is 6.18. The highest BCUT2D eigenvalue weighted by Crippen LogP contribution is 2.23. The molecule has 1 aliphatic rings. The summed E-state index contributed by atoms with van der Waals surface area (Å²) in [5, 5.41) is 2.95. The summed E-state index contributed by atoms with van der Waals surface area (Å²) in [5.41, 5.74) is 6.02. The van der Waals surface area contributed by atoms with Gasteiger partial charge in [-0.15, -0.1) is 0 Å². The van der Waals surface area contributed by atoms with Gasteiger partial charge in [0, 0.05) is 25.2 Å². The van der Waals surface area contributed by atoms with Crippen LogP contribution in [-0.4, -0.2) is 42.0 Å². The predicted molar refractivity (Wildman–Crippen MR) is 66.1 cm³/mol. The number of nitrogens with one attached hydrogen (secondary N) is 1. The molecule has 1 saturated heterocycles. The molecule has 94 valence electrons. The van der Waals surface area contributed by atoms with Crippen LogP contribution < -0.4 is 11.1 Å². The Balaban J connectivity index is 2.31. The Morgan fingerprint density at radius 2 is 2.00 bits per heavy atom. The molecule has 0 aromatic heterocycles. The second kappa shape index (κ2) is 5.15. The third-order valence-electron chi connectivity index (χ3n) is 3.35. The van der Waals surface area contributed by atoms with Crippen LogP contribution in [0.4, 0.5) is 0 Å². The second-order valence-electron chi connectivity index (χ2n) is 5.44.